The van der Waals surface area contributed by atoms with Gasteiger partial charge in [-0.05, 0) is 32.9 Å². The summed E-state index contributed by atoms with van der Waals surface area (Å²) < 4.78 is 0. The molecule has 0 saturated carbocycles. The Morgan fingerprint density at radius 2 is 2.00 bits per heavy atom. The lowest BCUT2D eigenvalue weighted by Gasteiger charge is -2.21. The molecule has 2 rings (SSSR count). The van der Waals surface area contributed by atoms with Crippen LogP contribution in [-0.2, 0) is 0 Å². The minimum Gasteiger partial charge on any atom is -0.308 e. The molecule has 1 fully saturated rings. The molecule has 1 atom stereocenters. The molecule has 4 nitrogen and oxygen atoms in total. The molecule has 0 bridgehead atoms. The Balaban J connectivity index is 1.68. The summed E-state index contributed by atoms with van der Waals surface area (Å²) in [6.07, 6.45) is 10.8. The van der Waals surface area contributed by atoms with E-state index in [-0.39, 0.29) is 6.04 Å². The number of aromatic nitrogens is 2. The third-order valence-electron chi connectivity index (χ3n) is 3.60. The predicted molar refractivity (Wildman–Crippen MR) is 73.4 cm³/mol. The fraction of sp³-hybridized carbons (Fsp3) is 0.714. The van der Waals surface area contributed by atoms with Crippen molar-refractivity contribution >= 4 is 0 Å². The van der Waals surface area contributed by atoms with Crippen LogP contribution in [0.15, 0.2) is 18.6 Å². The quantitative estimate of drug-likeness (QED) is 0.865. The van der Waals surface area contributed by atoms with Gasteiger partial charge in [0.1, 0.15) is 0 Å². The molecule has 0 aliphatic carbocycles. The fourth-order valence-corrected chi connectivity index (χ4v) is 2.44. The minimum atomic E-state index is 0.283. The summed E-state index contributed by atoms with van der Waals surface area (Å²) in [7, 11) is 0. The van der Waals surface area contributed by atoms with Gasteiger partial charge in [-0.3, -0.25) is 9.97 Å². The zero-order chi connectivity index (χ0) is 12.6. The van der Waals surface area contributed by atoms with Crippen molar-refractivity contribution < 1.29 is 0 Å². The Labute approximate surface area is 110 Å². The van der Waals surface area contributed by atoms with E-state index in [4.69, 9.17) is 0 Å². The summed E-state index contributed by atoms with van der Waals surface area (Å²) in [5.74, 6) is 0. The van der Waals surface area contributed by atoms with Crippen LogP contribution in [0.25, 0.3) is 0 Å². The van der Waals surface area contributed by atoms with Crippen molar-refractivity contribution in [1.29, 1.82) is 0 Å². The van der Waals surface area contributed by atoms with Crippen LogP contribution in [0.1, 0.15) is 44.3 Å². The molecule has 0 spiro atoms. The third-order valence-corrected chi connectivity index (χ3v) is 3.60. The Bertz CT molecular complexity index is 320. The second kappa shape index (κ2) is 7.44. The van der Waals surface area contributed by atoms with E-state index >= 15 is 0 Å². The number of hydrogen-bond donors (Lipinski definition) is 1. The lowest BCUT2D eigenvalue weighted by Crippen LogP contribution is -2.34. The highest BCUT2D eigenvalue weighted by molar-refractivity contribution is 5.00. The summed E-state index contributed by atoms with van der Waals surface area (Å²) in [6, 6.07) is 0.283. The van der Waals surface area contributed by atoms with E-state index in [9.17, 15) is 0 Å². The average molecular weight is 248 g/mol. The summed E-state index contributed by atoms with van der Waals surface area (Å²) in [6.45, 7) is 6.84. The molecule has 1 aliphatic rings. The van der Waals surface area contributed by atoms with E-state index in [2.05, 4.69) is 27.1 Å². The van der Waals surface area contributed by atoms with Crippen LogP contribution >= 0.6 is 0 Å². The van der Waals surface area contributed by atoms with Crippen molar-refractivity contribution in [3.05, 3.63) is 24.3 Å². The van der Waals surface area contributed by atoms with Gasteiger partial charge in [-0.25, -0.2) is 0 Å². The largest absolute Gasteiger partial charge is 0.308 e. The van der Waals surface area contributed by atoms with Crippen LogP contribution in [0.3, 0.4) is 0 Å². The van der Waals surface area contributed by atoms with Crippen molar-refractivity contribution in [1.82, 2.24) is 20.2 Å². The molecule has 18 heavy (non-hydrogen) atoms. The summed E-state index contributed by atoms with van der Waals surface area (Å²) in [5, 5.41) is 3.52. The molecular formula is C14H24N4. The van der Waals surface area contributed by atoms with Gasteiger partial charge in [-0.15, -0.1) is 0 Å². The zero-order valence-electron chi connectivity index (χ0n) is 11.3. The predicted octanol–water partition coefficient (Wildman–Crippen LogP) is 2.00. The third kappa shape index (κ3) is 4.35. The van der Waals surface area contributed by atoms with E-state index in [1.54, 1.807) is 12.4 Å². The monoisotopic (exact) mass is 248 g/mol. The number of likely N-dealkylation sites (tertiary alicyclic amines) is 1. The molecule has 1 saturated heterocycles. The highest BCUT2D eigenvalue weighted by Gasteiger charge is 2.10. The van der Waals surface area contributed by atoms with Gasteiger partial charge < -0.3 is 10.2 Å². The van der Waals surface area contributed by atoms with Crippen molar-refractivity contribution in [2.45, 2.75) is 38.6 Å². The van der Waals surface area contributed by atoms with Gasteiger partial charge in [0.05, 0.1) is 5.69 Å². The van der Waals surface area contributed by atoms with E-state index in [1.165, 1.54) is 38.8 Å². The van der Waals surface area contributed by atoms with Gasteiger partial charge in [0.2, 0.25) is 0 Å². The molecule has 1 aliphatic heterocycles. The van der Waals surface area contributed by atoms with E-state index < -0.39 is 0 Å². The smallest absolute Gasteiger partial charge is 0.0753 e. The van der Waals surface area contributed by atoms with Crippen LogP contribution in [0, 0.1) is 0 Å². The highest BCUT2D eigenvalue weighted by Crippen LogP contribution is 2.09. The first kappa shape index (κ1) is 13.4. The van der Waals surface area contributed by atoms with Crippen molar-refractivity contribution in [3.8, 4) is 0 Å². The first-order valence-electron chi connectivity index (χ1n) is 7.08. The van der Waals surface area contributed by atoms with E-state index in [0.717, 1.165) is 18.8 Å². The summed E-state index contributed by atoms with van der Waals surface area (Å²) >= 11 is 0. The normalized spacial score (nSPS) is 19.4. The highest BCUT2D eigenvalue weighted by atomic mass is 15.1. The molecule has 0 aromatic carbocycles. The maximum Gasteiger partial charge on any atom is 0.0753 e. The standard InChI is InChI=1S/C14H24N4/c1-13(14-12-15-6-7-17-14)16-8-11-18-9-4-2-3-5-10-18/h6-7,12-13,16H,2-5,8-11H2,1H3. The Morgan fingerprint density at radius 1 is 1.22 bits per heavy atom. The van der Waals surface area contributed by atoms with Gasteiger partial charge in [-0.1, -0.05) is 12.8 Å². The maximum absolute atomic E-state index is 4.32. The zero-order valence-corrected chi connectivity index (χ0v) is 11.3. The number of rotatable bonds is 5. The molecule has 1 unspecified atom stereocenters. The molecular weight excluding hydrogens is 224 g/mol. The molecule has 1 N–H and O–H groups in total. The molecule has 2 heterocycles. The second-order valence-electron chi connectivity index (χ2n) is 5.06. The van der Waals surface area contributed by atoms with E-state index in [1.807, 2.05) is 6.20 Å². The SMILES string of the molecule is CC(NCCN1CCCCCC1)c1cnccn1. The topological polar surface area (TPSA) is 41.0 Å². The molecule has 4 heteroatoms. The Kier molecular flexibility index (Phi) is 5.55. The van der Waals surface area contributed by atoms with E-state index in [0.29, 0.717) is 0 Å². The lowest BCUT2D eigenvalue weighted by atomic mass is 10.2. The van der Waals surface area contributed by atoms with Gasteiger partial charge in [0.25, 0.3) is 0 Å². The lowest BCUT2D eigenvalue weighted by molar-refractivity contribution is 0.280. The number of nitrogens with zero attached hydrogens (tertiary/aromatic N) is 3. The van der Waals surface area contributed by atoms with Gasteiger partial charge >= 0.3 is 0 Å². The number of hydrogen-bond acceptors (Lipinski definition) is 4. The van der Waals surface area contributed by atoms with Crippen LogP contribution in [0.2, 0.25) is 0 Å². The molecule has 100 valence electrons. The second-order valence-corrected chi connectivity index (χ2v) is 5.06. The van der Waals surface area contributed by atoms with Crippen LogP contribution in [-0.4, -0.2) is 41.0 Å². The van der Waals surface area contributed by atoms with Gasteiger partial charge in [0, 0.05) is 37.7 Å². The van der Waals surface area contributed by atoms with Gasteiger partial charge in [-0.2, -0.15) is 0 Å². The Hall–Kier alpha value is -1.00. The van der Waals surface area contributed by atoms with Crippen LogP contribution < -0.4 is 5.32 Å². The van der Waals surface area contributed by atoms with Crippen LogP contribution in [0.4, 0.5) is 0 Å². The minimum absolute atomic E-state index is 0.283. The molecule has 0 amide bonds. The Morgan fingerprint density at radius 3 is 2.67 bits per heavy atom. The van der Waals surface area contributed by atoms with Crippen molar-refractivity contribution in [2.24, 2.45) is 0 Å². The fourth-order valence-electron chi connectivity index (χ4n) is 2.44. The first-order valence-corrected chi connectivity index (χ1v) is 7.08. The van der Waals surface area contributed by atoms with Crippen LogP contribution in [0.5, 0.6) is 0 Å². The maximum atomic E-state index is 4.32. The average Bonchev–Trinajstić information content (AvgIpc) is 2.68. The summed E-state index contributed by atoms with van der Waals surface area (Å²) in [4.78, 5) is 11.0. The molecule has 1 aromatic heterocycles. The molecule has 0 radical (unpaired) electrons. The number of nitrogens with one attached hydrogen (secondary N) is 1. The first-order chi connectivity index (χ1) is 8.86. The van der Waals surface area contributed by atoms with Crippen molar-refractivity contribution in [3.63, 3.8) is 0 Å². The molecule has 1 aromatic rings. The van der Waals surface area contributed by atoms with Crippen molar-refractivity contribution in [2.75, 3.05) is 26.2 Å². The van der Waals surface area contributed by atoms with Gasteiger partial charge in [0.15, 0.2) is 0 Å². The summed E-state index contributed by atoms with van der Waals surface area (Å²) in [5.41, 5.74) is 1.02.